The zero-order valence-electron chi connectivity index (χ0n) is 23.8. The zero-order chi connectivity index (χ0) is 30.8. The Kier molecular flexibility index (Phi) is 8.01. The molecular weight excluding hydrogens is 582 g/mol. The Morgan fingerprint density at radius 2 is 1.64 bits per heavy atom. The fraction of sp³-hybridized carbons (Fsp3) is 0.176. The van der Waals surface area contributed by atoms with Crippen LogP contribution in [0.4, 0.5) is 20.2 Å². The number of nitrogens with one attached hydrogen (secondary N) is 2. The Hall–Kier alpha value is -4.83. The summed E-state index contributed by atoms with van der Waals surface area (Å²) in [4.78, 5) is 13.0. The number of fused-ring (bicyclic) bond motifs is 3. The Balaban J connectivity index is 1.21. The van der Waals surface area contributed by atoms with Crippen LogP contribution in [0.5, 0.6) is 0 Å². The summed E-state index contributed by atoms with van der Waals surface area (Å²) in [7, 11) is -4.13. The number of allylic oxidation sites excluding steroid dienone is 2. The molecule has 7 nitrogen and oxygen atoms in total. The van der Waals surface area contributed by atoms with Gasteiger partial charge < -0.3 is 5.32 Å². The van der Waals surface area contributed by atoms with Crippen molar-refractivity contribution in [2.75, 3.05) is 16.2 Å². The van der Waals surface area contributed by atoms with Gasteiger partial charge in [-0.25, -0.2) is 22.6 Å². The van der Waals surface area contributed by atoms with Crippen molar-refractivity contribution in [2.45, 2.75) is 30.2 Å². The molecule has 44 heavy (non-hydrogen) atoms. The molecule has 1 aliphatic heterocycles. The van der Waals surface area contributed by atoms with Crippen LogP contribution in [0.1, 0.15) is 42.0 Å². The summed E-state index contributed by atoms with van der Waals surface area (Å²) in [6.45, 7) is 1.20. The quantitative estimate of drug-likeness (QED) is 0.135. The standard InChI is InChI=1S/C34H30F2N4O3S/c1-22(24-12-19-32-31(20-24)29-8-5-9-30(29)34(37-32)23-10-13-25(35)14-11-23)38-39-33(41)21-40(27-17-15-26(36)16-18-27)44(42,43)28-6-3-2-4-7-28/h2-8,10-20,29-30,34,37H,9,21H2,1H3,(H,39,41)/t29-,30-,34+/m1/s1. The lowest BCUT2D eigenvalue weighted by Gasteiger charge is -2.37. The van der Waals surface area contributed by atoms with E-state index in [0.29, 0.717) is 5.71 Å². The van der Waals surface area contributed by atoms with Crippen LogP contribution in [0.3, 0.4) is 0 Å². The van der Waals surface area contributed by atoms with Gasteiger partial charge in [-0.05, 0) is 96.6 Å². The van der Waals surface area contributed by atoms with Crippen LogP contribution < -0.4 is 15.0 Å². The topological polar surface area (TPSA) is 90.9 Å². The number of anilines is 2. The highest BCUT2D eigenvalue weighted by Crippen LogP contribution is 2.50. The van der Waals surface area contributed by atoms with Gasteiger partial charge in [0.25, 0.3) is 15.9 Å². The maximum absolute atomic E-state index is 13.6. The highest BCUT2D eigenvalue weighted by atomic mass is 32.2. The number of sulfonamides is 1. The second-order valence-corrected chi connectivity index (χ2v) is 12.7. The number of hydrogen-bond donors (Lipinski definition) is 2. The van der Waals surface area contributed by atoms with E-state index in [1.807, 2.05) is 30.3 Å². The number of carbonyl (C=O) groups excluding carboxylic acids is 1. The van der Waals surface area contributed by atoms with Crippen LogP contribution in [0.2, 0.25) is 0 Å². The number of carbonyl (C=O) groups is 1. The number of rotatable bonds is 8. The van der Waals surface area contributed by atoms with Crippen molar-refractivity contribution in [3.63, 3.8) is 0 Å². The fourth-order valence-electron chi connectivity index (χ4n) is 5.84. The van der Waals surface area contributed by atoms with E-state index in [2.05, 4.69) is 28.0 Å². The third kappa shape index (κ3) is 5.85. The molecule has 1 amide bonds. The van der Waals surface area contributed by atoms with Gasteiger partial charge in [0.05, 0.1) is 22.3 Å². The first-order valence-electron chi connectivity index (χ1n) is 14.2. The second-order valence-electron chi connectivity index (χ2n) is 10.9. The average molecular weight is 613 g/mol. The first-order valence-corrected chi connectivity index (χ1v) is 15.6. The summed E-state index contributed by atoms with van der Waals surface area (Å²) in [5.74, 6) is -1.02. The molecule has 4 aromatic carbocycles. The largest absolute Gasteiger partial charge is 0.378 e. The Morgan fingerprint density at radius 3 is 2.34 bits per heavy atom. The molecule has 0 saturated heterocycles. The highest BCUT2D eigenvalue weighted by molar-refractivity contribution is 7.92. The minimum Gasteiger partial charge on any atom is -0.378 e. The lowest BCUT2D eigenvalue weighted by atomic mass is 9.76. The molecule has 2 aliphatic rings. The number of hydrogen-bond acceptors (Lipinski definition) is 5. The van der Waals surface area contributed by atoms with Crippen LogP contribution in [-0.2, 0) is 14.8 Å². The SMILES string of the molecule is CC(=NNC(=O)CN(c1ccc(F)cc1)S(=O)(=O)c1ccccc1)c1ccc2c(c1)[C@@H]1C=CC[C@H]1[C@H](c1ccc(F)cc1)N2. The van der Waals surface area contributed by atoms with Gasteiger partial charge >= 0.3 is 0 Å². The van der Waals surface area contributed by atoms with Crippen molar-refractivity contribution < 1.29 is 22.0 Å². The van der Waals surface area contributed by atoms with Crippen molar-refractivity contribution in [1.82, 2.24) is 5.43 Å². The summed E-state index contributed by atoms with van der Waals surface area (Å²) >= 11 is 0. The van der Waals surface area contributed by atoms with Crippen molar-refractivity contribution in [1.29, 1.82) is 0 Å². The van der Waals surface area contributed by atoms with Gasteiger partial charge in [0, 0.05) is 11.6 Å². The molecule has 2 N–H and O–H groups in total. The van der Waals surface area contributed by atoms with Crippen molar-refractivity contribution in [3.8, 4) is 0 Å². The molecule has 0 saturated carbocycles. The smallest absolute Gasteiger partial charge is 0.264 e. The lowest BCUT2D eigenvalue weighted by molar-refractivity contribution is -0.119. The Bertz CT molecular complexity index is 1840. The van der Waals surface area contributed by atoms with Crippen LogP contribution in [-0.4, -0.2) is 26.6 Å². The van der Waals surface area contributed by atoms with E-state index < -0.39 is 28.3 Å². The summed E-state index contributed by atoms with van der Waals surface area (Å²) in [6, 6.07) is 25.2. The minimum atomic E-state index is -4.13. The molecular formula is C34H30F2N4O3S. The molecule has 1 heterocycles. The van der Waals surface area contributed by atoms with E-state index in [0.717, 1.165) is 45.2 Å². The van der Waals surface area contributed by atoms with Gasteiger partial charge in [0.1, 0.15) is 18.2 Å². The van der Waals surface area contributed by atoms with Crippen LogP contribution in [0.25, 0.3) is 0 Å². The summed E-state index contributed by atoms with van der Waals surface area (Å²) < 4.78 is 55.0. The van der Waals surface area contributed by atoms with Gasteiger partial charge in [-0.1, -0.05) is 48.6 Å². The van der Waals surface area contributed by atoms with Crippen LogP contribution in [0, 0.1) is 17.6 Å². The van der Waals surface area contributed by atoms with Gasteiger partial charge in [-0.2, -0.15) is 5.10 Å². The number of amides is 1. The second kappa shape index (κ2) is 12.0. The molecule has 224 valence electrons. The maximum atomic E-state index is 13.6. The minimum absolute atomic E-state index is 0.000379. The molecule has 0 spiro atoms. The van der Waals surface area contributed by atoms with E-state index >= 15 is 0 Å². The third-order valence-corrected chi connectivity index (χ3v) is 9.88. The van der Waals surface area contributed by atoms with Crippen LogP contribution >= 0.6 is 0 Å². The fourth-order valence-corrected chi connectivity index (χ4v) is 7.28. The normalized spacial score (nSPS) is 19.1. The summed E-state index contributed by atoms with van der Waals surface area (Å²) in [5.41, 5.74) is 7.09. The Morgan fingerprint density at radius 1 is 0.955 bits per heavy atom. The first-order chi connectivity index (χ1) is 21.2. The van der Waals surface area contributed by atoms with Gasteiger partial charge in [0.15, 0.2) is 0 Å². The predicted molar refractivity (Wildman–Crippen MR) is 167 cm³/mol. The molecule has 6 rings (SSSR count). The van der Waals surface area contributed by atoms with E-state index in [1.54, 1.807) is 25.1 Å². The third-order valence-electron chi connectivity index (χ3n) is 8.09. The molecule has 4 aromatic rings. The Labute approximate surface area is 255 Å². The van der Waals surface area contributed by atoms with Gasteiger partial charge in [0.2, 0.25) is 0 Å². The number of nitrogens with zero attached hydrogens (tertiary/aromatic N) is 2. The molecule has 0 radical (unpaired) electrons. The summed E-state index contributed by atoms with van der Waals surface area (Å²) in [6.07, 6.45) is 5.27. The highest BCUT2D eigenvalue weighted by Gasteiger charge is 2.38. The maximum Gasteiger partial charge on any atom is 0.264 e. The van der Waals surface area contributed by atoms with Gasteiger partial charge in [-0.3, -0.25) is 9.10 Å². The first kappa shape index (κ1) is 29.3. The van der Waals surface area contributed by atoms with Crippen molar-refractivity contribution >= 4 is 33.0 Å². The van der Waals surface area contributed by atoms with E-state index in [1.165, 1.54) is 36.4 Å². The molecule has 0 fully saturated rings. The molecule has 0 bridgehead atoms. The molecule has 10 heteroatoms. The summed E-state index contributed by atoms with van der Waals surface area (Å²) in [5, 5.41) is 7.91. The van der Waals surface area contributed by atoms with Crippen LogP contribution in [0.15, 0.2) is 119 Å². The molecule has 3 atom stereocenters. The van der Waals surface area contributed by atoms with Gasteiger partial charge in [-0.15, -0.1) is 0 Å². The lowest BCUT2D eigenvalue weighted by Crippen LogP contribution is -2.39. The zero-order valence-corrected chi connectivity index (χ0v) is 24.6. The average Bonchev–Trinajstić information content (AvgIpc) is 3.54. The van der Waals surface area contributed by atoms with E-state index in [9.17, 15) is 22.0 Å². The van der Waals surface area contributed by atoms with Crippen molar-refractivity contribution in [2.24, 2.45) is 11.0 Å². The van der Waals surface area contributed by atoms with E-state index in [4.69, 9.17) is 0 Å². The molecule has 0 aromatic heterocycles. The monoisotopic (exact) mass is 612 g/mol. The molecule has 0 unspecified atom stereocenters. The number of benzene rings is 4. The predicted octanol–water partition coefficient (Wildman–Crippen LogP) is 6.53. The van der Waals surface area contributed by atoms with Crippen molar-refractivity contribution in [3.05, 3.63) is 138 Å². The number of halogens is 2. The number of hydrazone groups is 1. The van der Waals surface area contributed by atoms with E-state index in [-0.39, 0.29) is 34.3 Å². The molecule has 1 aliphatic carbocycles.